The van der Waals surface area contributed by atoms with Crippen LogP contribution in [0.15, 0.2) is 17.5 Å². The Morgan fingerprint density at radius 2 is 2.24 bits per heavy atom. The summed E-state index contributed by atoms with van der Waals surface area (Å²) in [5.41, 5.74) is 0.485. The van der Waals surface area contributed by atoms with Gasteiger partial charge in [0, 0.05) is 16.3 Å². The summed E-state index contributed by atoms with van der Waals surface area (Å²) in [6.07, 6.45) is 4.88. The van der Waals surface area contributed by atoms with Crippen molar-refractivity contribution >= 4 is 22.7 Å². The minimum Gasteiger partial charge on any atom is -0.383 e. The van der Waals surface area contributed by atoms with Crippen LogP contribution >= 0.6 is 22.7 Å². The summed E-state index contributed by atoms with van der Waals surface area (Å²) >= 11 is 3.44. The van der Waals surface area contributed by atoms with E-state index in [9.17, 15) is 5.11 Å². The van der Waals surface area contributed by atoms with E-state index in [4.69, 9.17) is 4.98 Å². The number of aryl methyl sites for hydroxylation is 2. The van der Waals surface area contributed by atoms with Crippen LogP contribution in [0.3, 0.4) is 0 Å². The molecule has 114 valence electrons. The van der Waals surface area contributed by atoms with Crippen molar-refractivity contribution in [3.63, 3.8) is 0 Å². The van der Waals surface area contributed by atoms with Gasteiger partial charge in [0.05, 0.1) is 11.7 Å². The molecule has 0 saturated heterocycles. The summed E-state index contributed by atoms with van der Waals surface area (Å²) in [5, 5.41) is 17.2. The molecule has 2 N–H and O–H groups in total. The molecule has 1 aliphatic carbocycles. The normalized spacial score (nSPS) is 19.0. The van der Waals surface area contributed by atoms with Gasteiger partial charge in [-0.25, -0.2) is 4.98 Å². The van der Waals surface area contributed by atoms with Crippen LogP contribution in [-0.4, -0.2) is 16.6 Å². The van der Waals surface area contributed by atoms with Gasteiger partial charge in [0.1, 0.15) is 10.6 Å². The van der Waals surface area contributed by atoms with E-state index < -0.39 is 5.60 Å². The van der Waals surface area contributed by atoms with Crippen LogP contribution in [0.25, 0.3) is 0 Å². The molecule has 5 heteroatoms. The van der Waals surface area contributed by atoms with E-state index in [-0.39, 0.29) is 6.04 Å². The first-order valence-corrected chi connectivity index (χ1v) is 9.24. The largest absolute Gasteiger partial charge is 0.383 e. The second kappa shape index (κ2) is 6.16. The number of thiazole rings is 1. The molecule has 2 atom stereocenters. The van der Waals surface area contributed by atoms with Crippen molar-refractivity contribution in [2.24, 2.45) is 0 Å². The molecule has 3 nitrogen and oxygen atoms in total. The smallest absolute Gasteiger partial charge is 0.110 e. The average Bonchev–Trinajstić information content (AvgIpc) is 3.13. The second-order valence-corrected chi connectivity index (χ2v) is 8.05. The van der Waals surface area contributed by atoms with E-state index in [1.165, 1.54) is 29.8 Å². The Kier molecular flexibility index (Phi) is 4.45. The first-order valence-electron chi connectivity index (χ1n) is 7.54. The SMILES string of the molecule is CC(NCC(C)(O)c1cccs1)c1nc2c(s1)CCCC2. The van der Waals surface area contributed by atoms with Gasteiger partial charge in [-0.15, -0.1) is 22.7 Å². The average molecular weight is 322 g/mol. The van der Waals surface area contributed by atoms with Crippen LogP contribution in [-0.2, 0) is 18.4 Å². The number of nitrogens with one attached hydrogen (secondary N) is 1. The summed E-state index contributed by atoms with van der Waals surface area (Å²) in [6.45, 7) is 4.54. The Labute approximate surface area is 134 Å². The third-order valence-corrected chi connectivity index (χ3v) is 6.50. The number of fused-ring (bicyclic) bond motifs is 1. The number of rotatable bonds is 5. The highest BCUT2D eigenvalue weighted by Crippen LogP contribution is 2.30. The number of nitrogens with zero attached hydrogens (tertiary/aromatic N) is 1. The highest BCUT2D eigenvalue weighted by molar-refractivity contribution is 7.11. The lowest BCUT2D eigenvalue weighted by Gasteiger charge is -2.24. The van der Waals surface area contributed by atoms with Crippen LogP contribution in [0.1, 0.15) is 53.2 Å². The molecule has 0 spiro atoms. The van der Waals surface area contributed by atoms with Crippen LogP contribution in [0.2, 0.25) is 0 Å². The molecule has 2 heterocycles. The van der Waals surface area contributed by atoms with Crippen molar-refractivity contribution in [1.29, 1.82) is 0 Å². The number of thiophene rings is 1. The maximum absolute atomic E-state index is 10.6. The van der Waals surface area contributed by atoms with Crippen molar-refractivity contribution in [3.05, 3.63) is 38.0 Å². The van der Waals surface area contributed by atoms with Crippen LogP contribution in [0.5, 0.6) is 0 Å². The van der Waals surface area contributed by atoms with Crippen molar-refractivity contribution < 1.29 is 5.11 Å². The zero-order chi connectivity index (χ0) is 14.9. The molecule has 0 aliphatic heterocycles. The van der Waals surface area contributed by atoms with Crippen molar-refractivity contribution in [2.45, 2.75) is 51.2 Å². The fourth-order valence-electron chi connectivity index (χ4n) is 2.67. The predicted molar refractivity (Wildman–Crippen MR) is 89.1 cm³/mol. The molecule has 0 radical (unpaired) electrons. The fourth-order valence-corrected chi connectivity index (χ4v) is 4.64. The molecule has 3 rings (SSSR count). The number of hydrogen-bond acceptors (Lipinski definition) is 5. The van der Waals surface area contributed by atoms with E-state index in [0.29, 0.717) is 6.54 Å². The van der Waals surface area contributed by atoms with Gasteiger partial charge in [-0.05, 0) is 51.0 Å². The third kappa shape index (κ3) is 3.37. The molecule has 0 saturated carbocycles. The Bertz CT molecular complexity index is 566. The lowest BCUT2D eigenvalue weighted by molar-refractivity contribution is 0.0581. The van der Waals surface area contributed by atoms with Gasteiger partial charge in [0.2, 0.25) is 0 Å². The summed E-state index contributed by atoms with van der Waals surface area (Å²) in [6, 6.07) is 4.15. The fraction of sp³-hybridized carbons (Fsp3) is 0.562. The van der Waals surface area contributed by atoms with E-state index in [2.05, 4.69) is 12.2 Å². The van der Waals surface area contributed by atoms with E-state index >= 15 is 0 Å². The van der Waals surface area contributed by atoms with Crippen molar-refractivity contribution in [3.8, 4) is 0 Å². The topological polar surface area (TPSA) is 45.1 Å². The number of aliphatic hydroxyl groups is 1. The maximum atomic E-state index is 10.6. The standard InChI is InChI=1S/C16H22N2OS2/c1-11(15-18-12-6-3-4-7-13(12)21-15)17-10-16(2,19)14-8-5-9-20-14/h5,8-9,11,17,19H,3-4,6-7,10H2,1-2H3. The quantitative estimate of drug-likeness (QED) is 0.883. The highest BCUT2D eigenvalue weighted by Gasteiger charge is 2.26. The molecule has 2 aromatic rings. The number of hydrogen-bond donors (Lipinski definition) is 2. The molecular formula is C16H22N2OS2. The molecule has 1 aliphatic rings. The molecule has 2 aromatic heterocycles. The monoisotopic (exact) mass is 322 g/mol. The van der Waals surface area contributed by atoms with Gasteiger partial charge in [-0.3, -0.25) is 0 Å². The molecule has 0 fully saturated rings. The Hall–Kier alpha value is -0.750. The zero-order valence-electron chi connectivity index (χ0n) is 12.6. The van der Waals surface area contributed by atoms with Crippen LogP contribution < -0.4 is 5.32 Å². The second-order valence-electron chi connectivity index (χ2n) is 5.98. The molecule has 2 unspecified atom stereocenters. The first-order chi connectivity index (χ1) is 10.1. The van der Waals surface area contributed by atoms with Gasteiger partial charge in [0.25, 0.3) is 0 Å². The van der Waals surface area contributed by atoms with Gasteiger partial charge < -0.3 is 10.4 Å². The van der Waals surface area contributed by atoms with E-state index in [1.807, 2.05) is 35.8 Å². The third-order valence-electron chi connectivity index (χ3n) is 4.04. The molecule has 0 aromatic carbocycles. The summed E-state index contributed by atoms with van der Waals surface area (Å²) in [5.74, 6) is 0. The van der Waals surface area contributed by atoms with Crippen molar-refractivity contribution in [2.75, 3.05) is 6.54 Å². The molecule has 0 bridgehead atoms. The van der Waals surface area contributed by atoms with E-state index in [1.54, 1.807) is 11.3 Å². The summed E-state index contributed by atoms with van der Waals surface area (Å²) in [7, 11) is 0. The zero-order valence-corrected chi connectivity index (χ0v) is 14.2. The first kappa shape index (κ1) is 15.2. The van der Waals surface area contributed by atoms with Gasteiger partial charge in [-0.1, -0.05) is 6.07 Å². The summed E-state index contributed by atoms with van der Waals surface area (Å²) in [4.78, 5) is 7.26. The highest BCUT2D eigenvalue weighted by atomic mass is 32.1. The lowest BCUT2D eigenvalue weighted by Crippen LogP contribution is -2.36. The van der Waals surface area contributed by atoms with Gasteiger partial charge in [0.15, 0.2) is 0 Å². The minimum absolute atomic E-state index is 0.187. The molecule has 21 heavy (non-hydrogen) atoms. The minimum atomic E-state index is -0.820. The van der Waals surface area contributed by atoms with Crippen LogP contribution in [0.4, 0.5) is 0 Å². The number of aromatic nitrogens is 1. The lowest BCUT2D eigenvalue weighted by atomic mass is 10.0. The van der Waals surface area contributed by atoms with Gasteiger partial charge >= 0.3 is 0 Å². The molecule has 0 amide bonds. The Morgan fingerprint density at radius 3 is 2.95 bits per heavy atom. The van der Waals surface area contributed by atoms with Gasteiger partial charge in [-0.2, -0.15) is 0 Å². The molecular weight excluding hydrogens is 300 g/mol. The summed E-state index contributed by atoms with van der Waals surface area (Å²) < 4.78 is 0. The van der Waals surface area contributed by atoms with Crippen molar-refractivity contribution in [1.82, 2.24) is 10.3 Å². The maximum Gasteiger partial charge on any atom is 0.110 e. The Balaban J connectivity index is 1.64. The van der Waals surface area contributed by atoms with Crippen LogP contribution in [0, 0.1) is 0 Å². The Morgan fingerprint density at radius 1 is 1.43 bits per heavy atom. The predicted octanol–water partition coefficient (Wildman–Crippen LogP) is 3.64. The van der Waals surface area contributed by atoms with E-state index in [0.717, 1.165) is 16.3 Å².